The lowest BCUT2D eigenvalue weighted by atomic mass is 9.86. The molecule has 2 rings (SSSR count). The van der Waals surface area contributed by atoms with E-state index in [1.165, 1.54) is 12.1 Å². The Bertz CT molecular complexity index is 583. The first-order chi connectivity index (χ1) is 9.88. The second kappa shape index (κ2) is 6.85. The lowest BCUT2D eigenvalue weighted by Crippen LogP contribution is -2.32. The van der Waals surface area contributed by atoms with Crippen LogP contribution >= 0.6 is 0 Å². The normalized spacial score (nSPS) is 16.2. The van der Waals surface area contributed by atoms with Gasteiger partial charge < -0.3 is 5.32 Å². The van der Waals surface area contributed by atoms with Gasteiger partial charge in [0.25, 0.3) is 0 Å². The van der Waals surface area contributed by atoms with Gasteiger partial charge in [0, 0.05) is 19.1 Å². The van der Waals surface area contributed by atoms with Crippen molar-refractivity contribution in [3.63, 3.8) is 0 Å². The van der Waals surface area contributed by atoms with Gasteiger partial charge in [0.15, 0.2) is 0 Å². The molecule has 0 heterocycles. The quantitative estimate of drug-likeness (QED) is 0.812. The lowest BCUT2D eigenvalue weighted by Gasteiger charge is -2.25. The predicted octanol–water partition coefficient (Wildman–Crippen LogP) is 2.40. The average Bonchev–Trinajstić information content (AvgIpc) is 2.35. The van der Waals surface area contributed by atoms with E-state index in [0.717, 1.165) is 24.8 Å². The maximum absolute atomic E-state index is 13.8. The maximum Gasteiger partial charge on any atom is 0.243 e. The smallest absolute Gasteiger partial charge is 0.243 e. The number of nitrogens with one attached hydrogen (secondary N) is 2. The molecule has 118 valence electrons. The molecule has 0 radical (unpaired) electrons. The Labute approximate surface area is 126 Å². The van der Waals surface area contributed by atoms with E-state index in [9.17, 15) is 12.8 Å². The highest BCUT2D eigenvalue weighted by Crippen LogP contribution is 2.26. The first-order valence-corrected chi connectivity index (χ1v) is 8.88. The van der Waals surface area contributed by atoms with E-state index in [-0.39, 0.29) is 10.9 Å². The summed E-state index contributed by atoms with van der Waals surface area (Å²) in [6.45, 7) is 4.92. The van der Waals surface area contributed by atoms with Crippen molar-refractivity contribution >= 4 is 10.0 Å². The van der Waals surface area contributed by atoms with Crippen molar-refractivity contribution in [2.45, 2.75) is 50.6 Å². The highest BCUT2D eigenvalue weighted by atomic mass is 32.2. The highest BCUT2D eigenvalue weighted by Gasteiger charge is 2.23. The van der Waals surface area contributed by atoms with Gasteiger partial charge in [-0.05, 0) is 36.5 Å². The fourth-order valence-electron chi connectivity index (χ4n) is 2.19. The summed E-state index contributed by atoms with van der Waals surface area (Å²) in [5, 5.41) is 3.19. The summed E-state index contributed by atoms with van der Waals surface area (Å²) in [4.78, 5) is -0.259. The van der Waals surface area contributed by atoms with Crippen molar-refractivity contribution in [1.82, 2.24) is 10.0 Å². The van der Waals surface area contributed by atoms with Crippen LogP contribution in [0.1, 0.15) is 38.7 Å². The van der Waals surface area contributed by atoms with Crippen LogP contribution in [0.3, 0.4) is 0 Å². The third-order valence-corrected chi connectivity index (χ3v) is 5.22. The molecule has 1 saturated carbocycles. The van der Waals surface area contributed by atoms with Crippen molar-refractivity contribution in [2.24, 2.45) is 5.92 Å². The van der Waals surface area contributed by atoms with E-state index >= 15 is 0 Å². The van der Waals surface area contributed by atoms with Crippen LogP contribution in [0.25, 0.3) is 0 Å². The topological polar surface area (TPSA) is 58.2 Å². The van der Waals surface area contributed by atoms with Gasteiger partial charge in [-0.15, -0.1) is 0 Å². The molecule has 1 aliphatic carbocycles. The van der Waals surface area contributed by atoms with Crippen molar-refractivity contribution in [1.29, 1.82) is 0 Å². The van der Waals surface area contributed by atoms with Crippen molar-refractivity contribution < 1.29 is 12.8 Å². The van der Waals surface area contributed by atoms with Crippen LogP contribution in [0.15, 0.2) is 23.1 Å². The Balaban J connectivity index is 2.10. The second-order valence-corrected chi connectivity index (χ2v) is 7.68. The van der Waals surface area contributed by atoms with Gasteiger partial charge >= 0.3 is 0 Å². The van der Waals surface area contributed by atoms with Gasteiger partial charge in [-0.25, -0.2) is 17.5 Å². The second-order valence-electron chi connectivity index (χ2n) is 5.95. The first kappa shape index (κ1) is 16.4. The van der Waals surface area contributed by atoms with Crippen LogP contribution in [-0.4, -0.2) is 21.0 Å². The van der Waals surface area contributed by atoms with E-state index in [4.69, 9.17) is 0 Å². The molecule has 1 aromatic rings. The van der Waals surface area contributed by atoms with E-state index in [2.05, 4.69) is 10.0 Å². The minimum Gasteiger partial charge on any atom is -0.310 e. The van der Waals surface area contributed by atoms with Gasteiger partial charge in [0.2, 0.25) is 10.0 Å². The number of sulfonamides is 1. The molecule has 0 amide bonds. The number of halogens is 1. The van der Waals surface area contributed by atoms with E-state index in [0.29, 0.717) is 19.0 Å². The molecule has 1 aromatic carbocycles. The molecule has 0 atom stereocenters. The number of rotatable bonds is 7. The summed E-state index contributed by atoms with van der Waals surface area (Å²) in [5.74, 6) is -0.307. The van der Waals surface area contributed by atoms with Gasteiger partial charge in [0.05, 0.1) is 0 Å². The maximum atomic E-state index is 13.8. The Morgan fingerprint density at radius 2 is 2.05 bits per heavy atom. The van der Waals surface area contributed by atoms with Gasteiger partial charge in [-0.3, -0.25) is 0 Å². The molecule has 0 bridgehead atoms. The van der Waals surface area contributed by atoms with E-state index in [1.807, 2.05) is 13.8 Å². The van der Waals surface area contributed by atoms with Crippen LogP contribution in [-0.2, 0) is 16.6 Å². The summed E-state index contributed by atoms with van der Waals surface area (Å²) in [6, 6.07) is 4.52. The molecule has 0 spiro atoms. The molecule has 2 N–H and O–H groups in total. The zero-order valence-electron chi connectivity index (χ0n) is 12.5. The molecule has 1 aliphatic rings. The summed E-state index contributed by atoms with van der Waals surface area (Å²) in [7, 11) is -3.78. The molecule has 6 heteroatoms. The Kier molecular flexibility index (Phi) is 5.35. The minimum atomic E-state index is -3.78. The molecule has 0 unspecified atom stereocenters. The summed E-state index contributed by atoms with van der Waals surface area (Å²) < 4.78 is 40.8. The third kappa shape index (κ3) is 4.49. The highest BCUT2D eigenvalue weighted by molar-refractivity contribution is 7.89. The molecular weight excluding hydrogens is 291 g/mol. The van der Waals surface area contributed by atoms with Crippen LogP contribution in [0.2, 0.25) is 0 Å². The summed E-state index contributed by atoms with van der Waals surface area (Å²) >= 11 is 0. The Hall–Kier alpha value is -0.980. The molecular formula is C15H23FN2O2S. The predicted molar refractivity (Wildman–Crippen MR) is 80.9 cm³/mol. The zero-order valence-corrected chi connectivity index (χ0v) is 13.3. The van der Waals surface area contributed by atoms with Crippen LogP contribution < -0.4 is 10.0 Å². The fourth-order valence-corrected chi connectivity index (χ4v) is 3.43. The molecule has 0 aromatic heterocycles. The fraction of sp³-hybridized carbons (Fsp3) is 0.600. The van der Waals surface area contributed by atoms with Gasteiger partial charge in [-0.1, -0.05) is 26.3 Å². The standard InChI is InChI=1S/C15H23FN2O2S/c1-11(2)17-9-13-6-7-14(16)15(8-13)21(19,20)18-10-12-4-3-5-12/h6-8,11-12,17-18H,3-5,9-10H2,1-2H3. The van der Waals surface area contributed by atoms with Gasteiger partial charge in [-0.2, -0.15) is 0 Å². The van der Waals surface area contributed by atoms with Crippen LogP contribution in [0.5, 0.6) is 0 Å². The number of benzene rings is 1. The molecule has 4 nitrogen and oxygen atoms in total. The van der Waals surface area contributed by atoms with E-state index in [1.54, 1.807) is 6.07 Å². The summed E-state index contributed by atoms with van der Waals surface area (Å²) in [5.41, 5.74) is 0.758. The number of hydrogen-bond donors (Lipinski definition) is 2. The molecule has 21 heavy (non-hydrogen) atoms. The molecule has 0 aliphatic heterocycles. The first-order valence-electron chi connectivity index (χ1n) is 7.40. The molecule has 0 saturated heterocycles. The van der Waals surface area contributed by atoms with Crippen LogP contribution in [0.4, 0.5) is 4.39 Å². The Morgan fingerprint density at radius 3 is 2.62 bits per heavy atom. The Morgan fingerprint density at radius 1 is 1.33 bits per heavy atom. The number of hydrogen-bond acceptors (Lipinski definition) is 3. The average molecular weight is 314 g/mol. The van der Waals surface area contributed by atoms with Crippen molar-refractivity contribution in [3.8, 4) is 0 Å². The zero-order chi connectivity index (χ0) is 15.5. The SMILES string of the molecule is CC(C)NCc1ccc(F)c(S(=O)(=O)NCC2CCC2)c1. The summed E-state index contributed by atoms with van der Waals surface area (Å²) in [6.07, 6.45) is 3.24. The molecule has 1 fully saturated rings. The van der Waals surface area contributed by atoms with Crippen molar-refractivity contribution in [2.75, 3.05) is 6.54 Å². The van der Waals surface area contributed by atoms with E-state index < -0.39 is 15.8 Å². The monoisotopic (exact) mass is 314 g/mol. The minimum absolute atomic E-state index is 0.259. The van der Waals surface area contributed by atoms with Crippen molar-refractivity contribution in [3.05, 3.63) is 29.6 Å². The third-order valence-electron chi connectivity index (χ3n) is 3.79. The largest absolute Gasteiger partial charge is 0.310 e. The van der Waals surface area contributed by atoms with Crippen LogP contribution in [0, 0.1) is 11.7 Å². The van der Waals surface area contributed by atoms with Gasteiger partial charge in [0.1, 0.15) is 10.7 Å². The lowest BCUT2D eigenvalue weighted by molar-refractivity contribution is 0.316.